The van der Waals surface area contributed by atoms with Crippen molar-refractivity contribution in [3.05, 3.63) is 42.1 Å². The normalized spacial score (nSPS) is 11.9. The predicted molar refractivity (Wildman–Crippen MR) is 80.1 cm³/mol. The van der Waals surface area contributed by atoms with E-state index in [1.54, 1.807) is 24.4 Å². The molecule has 2 aromatic heterocycles. The molecule has 0 atom stereocenters. The van der Waals surface area contributed by atoms with Crippen molar-refractivity contribution in [3.8, 4) is 0 Å². The van der Waals surface area contributed by atoms with Crippen LogP contribution in [0.25, 0.3) is 0 Å². The maximum Gasteiger partial charge on any atom is 0.242 e. The van der Waals surface area contributed by atoms with Crippen molar-refractivity contribution >= 4 is 10.0 Å². The van der Waals surface area contributed by atoms with Gasteiger partial charge >= 0.3 is 0 Å². The maximum atomic E-state index is 12.2. The second kappa shape index (κ2) is 6.93. The van der Waals surface area contributed by atoms with E-state index in [9.17, 15) is 8.42 Å². The monoisotopic (exact) mass is 311 g/mol. The molecule has 21 heavy (non-hydrogen) atoms. The second-order valence-electron chi connectivity index (χ2n) is 4.86. The molecule has 2 N–H and O–H groups in total. The fraction of sp³-hybridized carbons (Fsp3) is 0.429. The van der Waals surface area contributed by atoms with E-state index >= 15 is 0 Å². The molecule has 0 aliphatic heterocycles. The highest BCUT2D eigenvalue weighted by molar-refractivity contribution is 7.89. The molecule has 2 rings (SSSR count). The first kappa shape index (κ1) is 15.8. The molecule has 0 radical (unpaired) electrons. The molecule has 0 spiro atoms. The molecule has 0 amide bonds. The number of hydrogen-bond acceptors (Lipinski definition) is 4. The molecule has 0 aromatic carbocycles. The Bertz CT molecular complexity index is 660. The highest BCUT2D eigenvalue weighted by atomic mass is 32.2. The van der Waals surface area contributed by atoms with Crippen LogP contribution in [0.1, 0.15) is 24.8 Å². The lowest BCUT2D eigenvalue weighted by Gasteiger charge is -2.03. The Balaban J connectivity index is 2.04. The summed E-state index contributed by atoms with van der Waals surface area (Å²) in [6, 6.07) is 5.14. The average Bonchev–Trinajstić information content (AvgIpc) is 3.07. The van der Waals surface area contributed by atoms with E-state index in [1.807, 2.05) is 11.6 Å². The second-order valence-corrected chi connectivity index (χ2v) is 6.63. The van der Waals surface area contributed by atoms with Crippen molar-refractivity contribution in [2.75, 3.05) is 6.54 Å². The molecule has 0 aliphatic carbocycles. The SMILES string of the molecule is CCCNCc1cc(S(=O)(=O)NCc2ccco2)cn1C. The summed E-state index contributed by atoms with van der Waals surface area (Å²) in [7, 11) is -1.69. The number of nitrogens with one attached hydrogen (secondary N) is 2. The summed E-state index contributed by atoms with van der Waals surface area (Å²) in [6.07, 6.45) is 4.18. The van der Waals surface area contributed by atoms with Gasteiger partial charge in [-0.05, 0) is 31.2 Å². The van der Waals surface area contributed by atoms with Gasteiger partial charge in [-0.25, -0.2) is 13.1 Å². The molecule has 7 heteroatoms. The summed E-state index contributed by atoms with van der Waals surface area (Å²) in [6.45, 7) is 3.79. The van der Waals surface area contributed by atoms with Gasteiger partial charge in [-0.3, -0.25) is 0 Å². The van der Waals surface area contributed by atoms with Crippen molar-refractivity contribution < 1.29 is 12.8 Å². The van der Waals surface area contributed by atoms with Crippen molar-refractivity contribution in [1.29, 1.82) is 0 Å². The molecule has 0 saturated carbocycles. The van der Waals surface area contributed by atoms with Gasteiger partial charge in [0.1, 0.15) is 5.76 Å². The maximum absolute atomic E-state index is 12.2. The van der Waals surface area contributed by atoms with Gasteiger partial charge in [0.05, 0.1) is 17.7 Å². The van der Waals surface area contributed by atoms with Gasteiger partial charge in [0.25, 0.3) is 0 Å². The van der Waals surface area contributed by atoms with E-state index in [0.29, 0.717) is 12.3 Å². The fourth-order valence-electron chi connectivity index (χ4n) is 1.96. The molecule has 2 aromatic rings. The predicted octanol–water partition coefficient (Wildman–Crippen LogP) is 1.60. The van der Waals surface area contributed by atoms with Crippen LogP contribution in [-0.2, 0) is 30.2 Å². The van der Waals surface area contributed by atoms with Crippen LogP contribution in [0.5, 0.6) is 0 Å². The first-order chi connectivity index (χ1) is 10.0. The Hall–Kier alpha value is -1.57. The number of aromatic nitrogens is 1. The molecule has 0 bridgehead atoms. The van der Waals surface area contributed by atoms with E-state index in [-0.39, 0.29) is 11.4 Å². The minimum Gasteiger partial charge on any atom is -0.468 e. The summed E-state index contributed by atoms with van der Waals surface area (Å²) in [4.78, 5) is 0.268. The number of sulfonamides is 1. The highest BCUT2D eigenvalue weighted by Gasteiger charge is 2.17. The van der Waals surface area contributed by atoms with Crippen LogP contribution in [0.15, 0.2) is 40.0 Å². The van der Waals surface area contributed by atoms with Crippen LogP contribution in [-0.4, -0.2) is 19.5 Å². The third kappa shape index (κ3) is 4.20. The van der Waals surface area contributed by atoms with Gasteiger partial charge in [-0.15, -0.1) is 0 Å². The van der Waals surface area contributed by atoms with Gasteiger partial charge < -0.3 is 14.3 Å². The molecule has 0 fully saturated rings. The molecule has 6 nitrogen and oxygen atoms in total. The van der Waals surface area contributed by atoms with Crippen LogP contribution >= 0.6 is 0 Å². The Kier molecular flexibility index (Phi) is 5.22. The first-order valence-corrected chi connectivity index (χ1v) is 8.39. The van der Waals surface area contributed by atoms with Crippen LogP contribution < -0.4 is 10.0 Å². The van der Waals surface area contributed by atoms with Crippen molar-refractivity contribution in [2.45, 2.75) is 31.3 Å². The lowest BCUT2D eigenvalue weighted by atomic mass is 10.4. The molecule has 0 saturated heterocycles. The smallest absolute Gasteiger partial charge is 0.242 e. The minimum atomic E-state index is -3.53. The number of nitrogens with zero attached hydrogens (tertiary/aromatic N) is 1. The molecule has 0 aliphatic rings. The van der Waals surface area contributed by atoms with Gasteiger partial charge in [0, 0.05) is 25.5 Å². The topological polar surface area (TPSA) is 76.3 Å². The standard InChI is InChI=1S/C14H21N3O3S/c1-3-6-15-9-12-8-14(11-17(12)2)21(18,19)16-10-13-5-4-7-20-13/h4-5,7-8,11,15-16H,3,6,9-10H2,1-2H3. The number of furan rings is 1. The highest BCUT2D eigenvalue weighted by Crippen LogP contribution is 2.14. The summed E-state index contributed by atoms with van der Waals surface area (Å²) in [5.74, 6) is 0.583. The zero-order valence-corrected chi connectivity index (χ0v) is 13.1. The average molecular weight is 311 g/mol. The first-order valence-electron chi connectivity index (χ1n) is 6.91. The summed E-state index contributed by atoms with van der Waals surface area (Å²) < 4.78 is 33.9. The summed E-state index contributed by atoms with van der Waals surface area (Å²) in [5.41, 5.74) is 0.932. The van der Waals surface area contributed by atoms with Crippen LogP contribution in [0, 0.1) is 0 Å². The van der Waals surface area contributed by atoms with E-state index < -0.39 is 10.0 Å². The van der Waals surface area contributed by atoms with Gasteiger partial charge in [0.15, 0.2) is 0 Å². The lowest BCUT2D eigenvalue weighted by molar-refractivity contribution is 0.498. The summed E-state index contributed by atoms with van der Waals surface area (Å²) >= 11 is 0. The minimum absolute atomic E-state index is 0.146. The Labute approximate surface area is 125 Å². The third-order valence-corrected chi connectivity index (χ3v) is 4.51. The van der Waals surface area contributed by atoms with Gasteiger partial charge in [-0.2, -0.15) is 0 Å². The van der Waals surface area contributed by atoms with Crippen LogP contribution in [0.2, 0.25) is 0 Å². The van der Waals surface area contributed by atoms with Gasteiger partial charge in [0.2, 0.25) is 10.0 Å². The van der Waals surface area contributed by atoms with Gasteiger partial charge in [-0.1, -0.05) is 6.92 Å². The Morgan fingerprint density at radius 2 is 2.14 bits per heavy atom. The quantitative estimate of drug-likeness (QED) is 0.726. The fourth-order valence-corrected chi connectivity index (χ4v) is 3.04. The number of hydrogen-bond donors (Lipinski definition) is 2. The zero-order chi connectivity index (χ0) is 15.3. The molecule has 0 unspecified atom stereocenters. The number of rotatable bonds is 8. The van der Waals surface area contributed by atoms with E-state index in [2.05, 4.69) is 17.0 Å². The Morgan fingerprint density at radius 3 is 2.81 bits per heavy atom. The summed E-state index contributed by atoms with van der Waals surface area (Å²) in [5, 5.41) is 3.26. The van der Waals surface area contributed by atoms with Crippen molar-refractivity contribution in [1.82, 2.24) is 14.6 Å². The van der Waals surface area contributed by atoms with Crippen LogP contribution in [0.4, 0.5) is 0 Å². The van der Waals surface area contributed by atoms with E-state index in [4.69, 9.17) is 4.42 Å². The third-order valence-electron chi connectivity index (χ3n) is 3.14. The largest absolute Gasteiger partial charge is 0.468 e. The van der Waals surface area contributed by atoms with E-state index in [1.165, 1.54) is 6.26 Å². The van der Waals surface area contributed by atoms with Crippen molar-refractivity contribution in [3.63, 3.8) is 0 Å². The Morgan fingerprint density at radius 1 is 1.33 bits per heavy atom. The zero-order valence-electron chi connectivity index (χ0n) is 12.3. The molecular weight excluding hydrogens is 290 g/mol. The van der Waals surface area contributed by atoms with Crippen molar-refractivity contribution in [2.24, 2.45) is 7.05 Å². The number of aryl methyl sites for hydroxylation is 1. The molecule has 2 heterocycles. The molecular formula is C14H21N3O3S. The van der Waals surface area contributed by atoms with Crippen LogP contribution in [0.3, 0.4) is 0 Å². The van der Waals surface area contributed by atoms with E-state index in [0.717, 1.165) is 18.7 Å². The lowest BCUT2D eigenvalue weighted by Crippen LogP contribution is -2.22. The molecule has 116 valence electrons.